The minimum atomic E-state index is -1.19. The Morgan fingerprint density at radius 3 is 2.19 bits per heavy atom. The van der Waals surface area contributed by atoms with E-state index in [0.29, 0.717) is 5.06 Å². The van der Waals surface area contributed by atoms with Gasteiger partial charge in [0.2, 0.25) is 0 Å². The molecule has 3 aliphatic rings. The summed E-state index contributed by atoms with van der Waals surface area (Å²) in [5, 5.41) is 0.485. The van der Waals surface area contributed by atoms with E-state index >= 15 is 0 Å². The number of rotatable bonds is 1. The number of imide groups is 1. The Hall–Kier alpha value is -1.14. The number of hydroxylamine groups is 2. The predicted octanol–water partition coefficient (Wildman–Crippen LogP) is 0.439. The van der Waals surface area contributed by atoms with Crippen LogP contribution >= 0.6 is 11.6 Å². The average Bonchev–Trinajstić information content (AvgIpc) is 2.87. The first-order chi connectivity index (χ1) is 7.59. The summed E-state index contributed by atoms with van der Waals surface area (Å²) < 4.78 is 5.49. The third-order valence-corrected chi connectivity index (χ3v) is 3.48. The highest BCUT2D eigenvalue weighted by Gasteiger charge is 2.63. The van der Waals surface area contributed by atoms with E-state index in [0.717, 1.165) is 12.8 Å². The first-order valence-corrected chi connectivity index (χ1v) is 5.38. The van der Waals surface area contributed by atoms with Crippen LogP contribution in [-0.4, -0.2) is 34.5 Å². The molecule has 0 N–H and O–H groups in total. The molecular formula is C9H8ClNO5. The van der Waals surface area contributed by atoms with Crippen molar-refractivity contribution in [3.8, 4) is 0 Å². The first-order valence-electron chi connectivity index (χ1n) is 5.00. The fourth-order valence-electron chi connectivity index (χ4n) is 2.85. The second-order valence-electron chi connectivity index (χ2n) is 4.14. The molecule has 3 heterocycles. The van der Waals surface area contributed by atoms with Gasteiger partial charge in [-0.2, -0.15) is 0 Å². The lowest BCUT2D eigenvalue weighted by atomic mass is 9.81. The molecule has 2 amide bonds. The molecule has 3 rings (SSSR count). The summed E-state index contributed by atoms with van der Waals surface area (Å²) in [5.74, 6) is -2.03. The van der Waals surface area contributed by atoms with Gasteiger partial charge >= 0.3 is 5.43 Å². The highest BCUT2D eigenvalue weighted by atomic mass is 35.5. The van der Waals surface area contributed by atoms with Crippen molar-refractivity contribution in [1.82, 2.24) is 5.06 Å². The number of fused-ring (bicyclic) bond motifs is 5. The van der Waals surface area contributed by atoms with Gasteiger partial charge in [-0.25, -0.2) is 4.79 Å². The number of carbonyl (C=O) groups is 3. The molecule has 4 atom stereocenters. The van der Waals surface area contributed by atoms with Gasteiger partial charge in [0.15, 0.2) is 0 Å². The van der Waals surface area contributed by atoms with E-state index in [9.17, 15) is 14.4 Å². The summed E-state index contributed by atoms with van der Waals surface area (Å²) in [6.45, 7) is 0. The smallest absolute Gasteiger partial charge is 0.373 e. The zero-order valence-corrected chi connectivity index (χ0v) is 8.85. The Balaban J connectivity index is 1.89. The maximum atomic E-state index is 11.8. The van der Waals surface area contributed by atoms with Gasteiger partial charge in [0, 0.05) is 11.6 Å². The van der Waals surface area contributed by atoms with Gasteiger partial charge in [0.25, 0.3) is 11.8 Å². The van der Waals surface area contributed by atoms with Crippen molar-refractivity contribution in [3.05, 3.63) is 0 Å². The fourth-order valence-corrected chi connectivity index (χ4v) is 2.92. The van der Waals surface area contributed by atoms with Crippen LogP contribution in [0.2, 0.25) is 0 Å². The zero-order chi connectivity index (χ0) is 11.4. The van der Waals surface area contributed by atoms with Crippen molar-refractivity contribution in [1.29, 1.82) is 0 Å². The van der Waals surface area contributed by atoms with Gasteiger partial charge in [0.05, 0.1) is 24.0 Å². The van der Waals surface area contributed by atoms with Gasteiger partial charge in [-0.05, 0) is 12.8 Å². The molecule has 0 radical (unpaired) electrons. The Kier molecular flexibility index (Phi) is 1.99. The largest absolute Gasteiger partial charge is 0.428 e. The van der Waals surface area contributed by atoms with Crippen molar-refractivity contribution in [2.45, 2.75) is 25.0 Å². The summed E-state index contributed by atoms with van der Waals surface area (Å²) in [7, 11) is 0. The van der Waals surface area contributed by atoms with Crippen LogP contribution in [0.15, 0.2) is 0 Å². The van der Waals surface area contributed by atoms with Crippen LogP contribution in [-0.2, 0) is 19.2 Å². The summed E-state index contributed by atoms with van der Waals surface area (Å²) in [6, 6.07) is 0. The minimum Gasteiger partial charge on any atom is -0.373 e. The standard InChI is InChI=1S/C9H8ClNO5/c10-9(14)16-11-7(12)5-3-1-2-4(15-3)6(5)8(11)13/h3-6H,1-2H2. The zero-order valence-electron chi connectivity index (χ0n) is 8.09. The molecule has 3 fully saturated rings. The number of hydrogen-bond donors (Lipinski definition) is 0. The molecule has 7 heteroatoms. The predicted molar refractivity (Wildman–Crippen MR) is 49.1 cm³/mol. The fraction of sp³-hybridized carbons (Fsp3) is 0.667. The Bertz CT molecular complexity index is 369. The average molecular weight is 246 g/mol. The van der Waals surface area contributed by atoms with Crippen molar-refractivity contribution in [2.24, 2.45) is 11.8 Å². The van der Waals surface area contributed by atoms with Crippen LogP contribution in [0.4, 0.5) is 4.79 Å². The maximum Gasteiger partial charge on any atom is 0.428 e. The maximum absolute atomic E-state index is 11.8. The number of amides is 2. The van der Waals surface area contributed by atoms with Crippen molar-refractivity contribution in [3.63, 3.8) is 0 Å². The van der Waals surface area contributed by atoms with Gasteiger partial charge < -0.3 is 9.57 Å². The lowest BCUT2D eigenvalue weighted by Crippen LogP contribution is -2.35. The van der Waals surface area contributed by atoms with Crippen molar-refractivity contribution < 1.29 is 24.0 Å². The Labute approximate surface area is 95.4 Å². The van der Waals surface area contributed by atoms with E-state index in [4.69, 9.17) is 16.3 Å². The summed E-state index contributed by atoms with van der Waals surface area (Å²) in [6.07, 6.45) is 1.11. The number of halogens is 1. The first kappa shape index (κ1) is 10.0. The van der Waals surface area contributed by atoms with Gasteiger partial charge in [0.1, 0.15) is 0 Å². The van der Waals surface area contributed by atoms with Crippen LogP contribution < -0.4 is 0 Å². The van der Waals surface area contributed by atoms with E-state index in [1.54, 1.807) is 0 Å². The summed E-state index contributed by atoms with van der Waals surface area (Å²) in [5.41, 5.74) is -1.19. The van der Waals surface area contributed by atoms with Crippen molar-refractivity contribution >= 4 is 28.8 Å². The summed E-state index contributed by atoms with van der Waals surface area (Å²) in [4.78, 5) is 38.6. The number of carbonyl (C=O) groups excluding carboxylic acids is 3. The van der Waals surface area contributed by atoms with E-state index < -0.39 is 29.1 Å². The second-order valence-corrected chi connectivity index (χ2v) is 4.45. The van der Waals surface area contributed by atoms with Gasteiger partial charge in [-0.1, -0.05) is 0 Å². The highest BCUT2D eigenvalue weighted by molar-refractivity contribution is 6.61. The molecule has 86 valence electrons. The molecule has 0 aromatic heterocycles. The molecular weight excluding hydrogens is 238 g/mol. The topological polar surface area (TPSA) is 72.9 Å². The molecule has 0 aromatic carbocycles. The van der Waals surface area contributed by atoms with E-state index in [1.165, 1.54) is 0 Å². The molecule has 2 bridgehead atoms. The van der Waals surface area contributed by atoms with Gasteiger partial charge in [-0.3, -0.25) is 9.59 Å². The third kappa shape index (κ3) is 1.14. The molecule has 0 aliphatic carbocycles. The number of ether oxygens (including phenoxy) is 1. The van der Waals surface area contributed by atoms with E-state index in [-0.39, 0.29) is 12.2 Å². The van der Waals surface area contributed by atoms with Crippen LogP contribution in [0.25, 0.3) is 0 Å². The molecule has 16 heavy (non-hydrogen) atoms. The van der Waals surface area contributed by atoms with Crippen LogP contribution in [0.3, 0.4) is 0 Å². The molecule has 3 aliphatic heterocycles. The Morgan fingerprint density at radius 2 is 1.75 bits per heavy atom. The van der Waals surface area contributed by atoms with E-state index in [1.807, 2.05) is 0 Å². The van der Waals surface area contributed by atoms with Crippen molar-refractivity contribution in [2.75, 3.05) is 0 Å². The van der Waals surface area contributed by atoms with Crippen LogP contribution in [0, 0.1) is 11.8 Å². The lowest BCUT2D eigenvalue weighted by Gasteiger charge is -2.14. The quantitative estimate of drug-likeness (QED) is 0.495. The second kappa shape index (κ2) is 3.18. The van der Waals surface area contributed by atoms with E-state index in [2.05, 4.69) is 4.84 Å². The molecule has 0 saturated carbocycles. The molecule has 6 nitrogen and oxygen atoms in total. The molecule has 0 aromatic rings. The molecule has 4 unspecified atom stereocenters. The normalized spacial score (nSPS) is 40.4. The summed E-state index contributed by atoms with van der Waals surface area (Å²) >= 11 is 4.99. The SMILES string of the molecule is O=C(Cl)ON1C(=O)C2C3CCC(O3)C2C1=O. The Morgan fingerprint density at radius 1 is 1.25 bits per heavy atom. The number of hydrogen-bond acceptors (Lipinski definition) is 5. The monoisotopic (exact) mass is 245 g/mol. The van der Waals surface area contributed by atoms with Crippen LogP contribution in [0.1, 0.15) is 12.8 Å². The highest BCUT2D eigenvalue weighted by Crippen LogP contribution is 2.48. The third-order valence-electron chi connectivity index (χ3n) is 3.41. The van der Waals surface area contributed by atoms with Crippen LogP contribution in [0.5, 0.6) is 0 Å². The van der Waals surface area contributed by atoms with Gasteiger partial charge in [-0.15, -0.1) is 5.06 Å². The molecule has 0 spiro atoms. The lowest BCUT2D eigenvalue weighted by molar-refractivity contribution is -0.174. The molecule has 3 saturated heterocycles. The number of nitrogens with zero attached hydrogens (tertiary/aromatic N) is 1. The minimum absolute atomic E-state index is 0.217.